The molecule has 1 aromatic heterocycles. The molecule has 1 spiro atoms. The fourth-order valence-electron chi connectivity index (χ4n) is 7.93. The van der Waals surface area contributed by atoms with Gasteiger partial charge < -0.3 is 4.74 Å². The van der Waals surface area contributed by atoms with Crippen molar-refractivity contribution in [2.24, 2.45) is 0 Å². The maximum atomic E-state index is 6.67. The molecule has 0 radical (unpaired) electrons. The Labute approximate surface area is 273 Å². The zero-order chi connectivity index (χ0) is 31.0. The van der Waals surface area contributed by atoms with E-state index in [1.165, 1.54) is 27.8 Å². The van der Waals surface area contributed by atoms with E-state index in [1.54, 1.807) is 0 Å². The molecular formula is C44H28N2O. The van der Waals surface area contributed by atoms with Gasteiger partial charge in [-0.05, 0) is 75.8 Å². The second kappa shape index (κ2) is 9.90. The summed E-state index contributed by atoms with van der Waals surface area (Å²) in [5.74, 6) is 2.72. The van der Waals surface area contributed by atoms with Gasteiger partial charge in [0, 0.05) is 22.4 Å². The van der Waals surface area contributed by atoms with Gasteiger partial charge in [-0.15, -0.1) is 0 Å². The number of hydrogen-bond donors (Lipinski definition) is 0. The smallest absolute Gasteiger partial charge is 0.145 e. The van der Waals surface area contributed by atoms with Crippen LogP contribution in [0.1, 0.15) is 22.3 Å². The molecule has 3 nitrogen and oxygen atoms in total. The first-order valence-corrected chi connectivity index (χ1v) is 16.1. The summed E-state index contributed by atoms with van der Waals surface area (Å²) in [7, 11) is 0. The van der Waals surface area contributed by atoms with Gasteiger partial charge in [0.2, 0.25) is 0 Å². The molecule has 0 atom stereocenters. The number of aromatic nitrogens is 2. The Hall–Kier alpha value is -6.19. The van der Waals surface area contributed by atoms with Crippen LogP contribution >= 0.6 is 0 Å². The summed E-state index contributed by atoms with van der Waals surface area (Å²) < 4.78 is 8.94. The van der Waals surface area contributed by atoms with Gasteiger partial charge >= 0.3 is 0 Å². The Bertz CT molecular complexity index is 2460. The van der Waals surface area contributed by atoms with Crippen molar-refractivity contribution in [1.29, 1.82) is 0 Å². The molecule has 1 aliphatic carbocycles. The monoisotopic (exact) mass is 600 g/mol. The molecule has 2 heterocycles. The summed E-state index contributed by atoms with van der Waals surface area (Å²) in [6.45, 7) is 0. The third-order valence-electron chi connectivity index (χ3n) is 9.88. The minimum Gasteiger partial charge on any atom is -0.457 e. The van der Waals surface area contributed by atoms with Crippen LogP contribution in [0, 0.1) is 0 Å². The van der Waals surface area contributed by atoms with Crippen molar-refractivity contribution in [2.75, 3.05) is 0 Å². The van der Waals surface area contributed by atoms with E-state index in [9.17, 15) is 0 Å². The SMILES string of the molecule is c1ccc(-c2nc3ccccc3n2-c2cccc(-c3ccc4c(c3)C3(c5ccccc5O4)c4ccccc4-c4ccccc43)c2)cc1. The fraction of sp³-hybridized carbons (Fsp3) is 0.0227. The molecule has 0 N–H and O–H groups in total. The van der Waals surface area contributed by atoms with Crippen LogP contribution in [0.2, 0.25) is 0 Å². The van der Waals surface area contributed by atoms with Crippen LogP contribution in [0.15, 0.2) is 170 Å². The fourth-order valence-corrected chi connectivity index (χ4v) is 7.93. The zero-order valence-electron chi connectivity index (χ0n) is 25.5. The van der Waals surface area contributed by atoms with Crippen molar-refractivity contribution in [3.05, 3.63) is 192 Å². The highest BCUT2D eigenvalue weighted by Gasteiger charge is 2.50. The highest BCUT2D eigenvalue weighted by Crippen LogP contribution is 2.62. The molecule has 0 unspecified atom stereocenters. The summed E-state index contributed by atoms with van der Waals surface area (Å²) in [4.78, 5) is 5.08. The van der Waals surface area contributed by atoms with Gasteiger partial charge in [0.05, 0.1) is 16.4 Å². The molecule has 220 valence electrons. The van der Waals surface area contributed by atoms with E-state index in [0.717, 1.165) is 56.3 Å². The summed E-state index contributed by atoms with van der Waals surface area (Å²) in [6.07, 6.45) is 0. The third kappa shape index (κ3) is 3.65. The second-order valence-corrected chi connectivity index (χ2v) is 12.3. The van der Waals surface area contributed by atoms with Crippen molar-refractivity contribution in [2.45, 2.75) is 5.41 Å². The van der Waals surface area contributed by atoms with Crippen LogP contribution in [0.5, 0.6) is 11.5 Å². The van der Waals surface area contributed by atoms with E-state index >= 15 is 0 Å². The molecule has 0 saturated heterocycles. The number of para-hydroxylation sites is 3. The second-order valence-electron chi connectivity index (χ2n) is 12.3. The van der Waals surface area contributed by atoms with E-state index in [2.05, 4.69) is 162 Å². The van der Waals surface area contributed by atoms with Crippen molar-refractivity contribution in [1.82, 2.24) is 9.55 Å². The van der Waals surface area contributed by atoms with Crippen molar-refractivity contribution >= 4 is 11.0 Å². The van der Waals surface area contributed by atoms with Gasteiger partial charge in [-0.2, -0.15) is 0 Å². The average Bonchev–Trinajstić information content (AvgIpc) is 3.67. The Morgan fingerprint density at radius 2 is 1.06 bits per heavy atom. The van der Waals surface area contributed by atoms with Crippen molar-refractivity contribution in [3.8, 4) is 50.8 Å². The lowest BCUT2D eigenvalue weighted by atomic mass is 9.66. The van der Waals surface area contributed by atoms with Crippen LogP contribution in [0.25, 0.3) is 50.4 Å². The highest BCUT2D eigenvalue weighted by molar-refractivity contribution is 5.89. The largest absolute Gasteiger partial charge is 0.457 e. The van der Waals surface area contributed by atoms with E-state index < -0.39 is 5.41 Å². The molecule has 3 heteroatoms. The molecule has 8 aromatic rings. The van der Waals surface area contributed by atoms with E-state index in [1.807, 2.05) is 12.1 Å². The number of hydrogen-bond acceptors (Lipinski definition) is 2. The average molecular weight is 601 g/mol. The van der Waals surface area contributed by atoms with Gasteiger partial charge in [-0.1, -0.05) is 127 Å². The standard InChI is InChI=1S/C44H28N2O/c1-2-13-29(14-3-1)43-45-39-22-9-10-23-40(39)46(43)32-16-12-15-30(27-32)31-25-26-42-38(28-31)44(37-21-8-11-24-41(37)47-42)35-19-6-4-17-33(35)34-18-5-7-20-36(34)44/h1-28H. The van der Waals surface area contributed by atoms with Gasteiger partial charge in [-0.3, -0.25) is 4.57 Å². The van der Waals surface area contributed by atoms with E-state index in [4.69, 9.17) is 9.72 Å². The lowest BCUT2D eigenvalue weighted by Gasteiger charge is -2.39. The Balaban J connectivity index is 1.20. The molecule has 0 bridgehead atoms. The minimum absolute atomic E-state index is 0.494. The Morgan fingerprint density at radius 1 is 0.447 bits per heavy atom. The molecule has 0 fully saturated rings. The van der Waals surface area contributed by atoms with Crippen molar-refractivity contribution < 1.29 is 4.74 Å². The molecule has 10 rings (SSSR count). The van der Waals surface area contributed by atoms with Crippen LogP contribution in [-0.2, 0) is 5.41 Å². The zero-order valence-corrected chi connectivity index (χ0v) is 25.5. The minimum atomic E-state index is -0.494. The quantitative estimate of drug-likeness (QED) is 0.202. The molecular weight excluding hydrogens is 572 g/mol. The highest BCUT2D eigenvalue weighted by atomic mass is 16.5. The van der Waals surface area contributed by atoms with Crippen LogP contribution in [0.3, 0.4) is 0 Å². The number of ether oxygens (including phenoxy) is 1. The summed E-state index contributed by atoms with van der Waals surface area (Å²) in [5, 5.41) is 0. The van der Waals surface area contributed by atoms with Crippen molar-refractivity contribution in [3.63, 3.8) is 0 Å². The van der Waals surface area contributed by atoms with Gasteiger partial charge in [0.25, 0.3) is 0 Å². The predicted octanol–water partition coefficient (Wildman–Crippen LogP) is 10.8. The lowest BCUT2D eigenvalue weighted by Crippen LogP contribution is -2.32. The lowest BCUT2D eigenvalue weighted by molar-refractivity contribution is 0.436. The Kier molecular flexibility index (Phi) is 5.49. The first-order chi connectivity index (χ1) is 23.3. The topological polar surface area (TPSA) is 27.1 Å². The van der Waals surface area contributed by atoms with Crippen LogP contribution < -0.4 is 4.74 Å². The first kappa shape index (κ1) is 26.1. The van der Waals surface area contributed by atoms with E-state index in [0.29, 0.717) is 0 Å². The molecule has 2 aliphatic rings. The number of fused-ring (bicyclic) bond motifs is 10. The summed E-state index contributed by atoms with van der Waals surface area (Å²) >= 11 is 0. The third-order valence-corrected chi connectivity index (χ3v) is 9.88. The molecule has 0 saturated carbocycles. The molecule has 7 aromatic carbocycles. The molecule has 0 amide bonds. The van der Waals surface area contributed by atoms with E-state index in [-0.39, 0.29) is 0 Å². The van der Waals surface area contributed by atoms with Gasteiger partial charge in [0.1, 0.15) is 17.3 Å². The van der Waals surface area contributed by atoms with Gasteiger partial charge in [0.15, 0.2) is 0 Å². The van der Waals surface area contributed by atoms with Gasteiger partial charge in [-0.25, -0.2) is 4.98 Å². The summed E-state index contributed by atoms with van der Waals surface area (Å²) in [5.41, 5.74) is 13.5. The first-order valence-electron chi connectivity index (χ1n) is 16.1. The number of rotatable bonds is 3. The van der Waals surface area contributed by atoms with Crippen LogP contribution in [0.4, 0.5) is 0 Å². The summed E-state index contributed by atoms with van der Waals surface area (Å²) in [6, 6.07) is 60.5. The molecule has 47 heavy (non-hydrogen) atoms. The van der Waals surface area contributed by atoms with Crippen LogP contribution in [-0.4, -0.2) is 9.55 Å². The normalized spacial score (nSPS) is 13.4. The Morgan fingerprint density at radius 3 is 1.87 bits per heavy atom. The number of imidazole rings is 1. The predicted molar refractivity (Wildman–Crippen MR) is 189 cm³/mol. The maximum Gasteiger partial charge on any atom is 0.145 e. The maximum absolute atomic E-state index is 6.67. The number of benzene rings is 7. The number of nitrogens with zero attached hydrogens (tertiary/aromatic N) is 2. The molecule has 1 aliphatic heterocycles.